The van der Waals surface area contributed by atoms with Crippen molar-refractivity contribution in [3.63, 3.8) is 0 Å². The molecule has 0 atom stereocenters. The highest BCUT2D eigenvalue weighted by atomic mass is 32.2. The summed E-state index contributed by atoms with van der Waals surface area (Å²) in [4.78, 5) is 45.1. The highest BCUT2D eigenvalue weighted by molar-refractivity contribution is 7.99. The average molecular weight is 613 g/mol. The second kappa shape index (κ2) is 12.9. The maximum absolute atomic E-state index is 13.9. The Bertz CT molecular complexity index is 2140. The second-order valence-electron chi connectivity index (χ2n) is 10.9. The van der Waals surface area contributed by atoms with E-state index in [2.05, 4.69) is 40.9 Å². The fraction of sp³-hybridized carbons (Fsp3) is 0.158. The SMILES string of the molecule is CCn1c2ccc(C(=O)C(CCSc3cccc4ccccc34)=NOC(C)=O)cc2c2cc(C(=O)c3ccccc3C)ccc21. The molecule has 1 aromatic heterocycles. The van der Waals surface area contributed by atoms with Gasteiger partial charge >= 0.3 is 5.97 Å². The molecule has 6 nitrogen and oxygen atoms in total. The molecule has 0 bridgehead atoms. The Kier molecular flexibility index (Phi) is 8.62. The largest absolute Gasteiger partial charge is 0.341 e. The fourth-order valence-corrected chi connectivity index (χ4v) is 6.81. The molecule has 0 saturated heterocycles. The van der Waals surface area contributed by atoms with Gasteiger partial charge in [-0.2, -0.15) is 0 Å². The van der Waals surface area contributed by atoms with Crippen LogP contribution in [0.25, 0.3) is 32.6 Å². The van der Waals surface area contributed by atoms with E-state index in [-0.39, 0.29) is 17.3 Å². The minimum Gasteiger partial charge on any atom is -0.341 e. The summed E-state index contributed by atoms with van der Waals surface area (Å²) >= 11 is 1.63. The van der Waals surface area contributed by atoms with Gasteiger partial charge in [0.15, 0.2) is 5.78 Å². The standard InChI is InChI=1S/C38H32N2O4S/c1-4-40-34-18-16-27(37(42)29-13-7-5-10-24(29)2)22-31(34)32-23-28(17-19-35(32)40)38(43)33(39-44-25(3)41)20-21-45-36-15-9-12-26-11-6-8-14-30(26)36/h5-19,22-23H,4,20-21H2,1-3H3. The molecule has 224 valence electrons. The first kappa shape index (κ1) is 30.0. The van der Waals surface area contributed by atoms with Crippen molar-refractivity contribution in [1.29, 1.82) is 0 Å². The van der Waals surface area contributed by atoms with Crippen molar-refractivity contribution in [3.8, 4) is 0 Å². The van der Waals surface area contributed by atoms with Gasteiger partial charge in [-0.1, -0.05) is 65.8 Å². The second-order valence-corrected chi connectivity index (χ2v) is 12.0. The van der Waals surface area contributed by atoms with E-state index in [0.717, 1.165) is 49.6 Å². The van der Waals surface area contributed by atoms with Crippen LogP contribution in [0.15, 0.2) is 113 Å². The van der Waals surface area contributed by atoms with Crippen LogP contribution in [0.1, 0.15) is 52.1 Å². The third kappa shape index (κ3) is 6.04. The van der Waals surface area contributed by atoms with E-state index in [0.29, 0.717) is 28.9 Å². The Morgan fingerprint density at radius 3 is 2.18 bits per heavy atom. The molecule has 0 aliphatic heterocycles. The van der Waals surface area contributed by atoms with Crippen molar-refractivity contribution in [1.82, 2.24) is 4.57 Å². The summed E-state index contributed by atoms with van der Waals surface area (Å²) in [5, 5.41) is 8.05. The number of carbonyl (C=O) groups excluding carboxylic acids is 3. The quantitative estimate of drug-likeness (QED) is 0.0508. The summed E-state index contributed by atoms with van der Waals surface area (Å²) in [5.41, 5.74) is 4.74. The molecule has 0 aliphatic carbocycles. The lowest BCUT2D eigenvalue weighted by Gasteiger charge is -2.08. The van der Waals surface area contributed by atoms with Crippen LogP contribution in [0, 0.1) is 6.92 Å². The molecule has 0 amide bonds. The fourth-order valence-electron chi connectivity index (χ4n) is 5.78. The highest BCUT2D eigenvalue weighted by Gasteiger charge is 2.20. The minimum atomic E-state index is -0.589. The number of rotatable bonds is 10. The molecule has 7 heteroatoms. The summed E-state index contributed by atoms with van der Waals surface area (Å²) in [6.45, 7) is 5.99. The first-order chi connectivity index (χ1) is 21.9. The smallest absolute Gasteiger partial charge is 0.331 e. The van der Waals surface area contributed by atoms with Crippen molar-refractivity contribution in [3.05, 3.63) is 125 Å². The topological polar surface area (TPSA) is 77.7 Å². The van der Waals surface area contributed by atoms with Crippen LogP contribution in [0.4, 0.5) is 0 Å². The van der Waals surface area contributed by atoms with Crippen LogP contribution < -0.4 is 0 Å². The molecule has 0 unspecified atom stereocenters. The van der Waals surface area contributed by atoms with Gasteiger partial charge in [0.1, 0.15) is 5.71 Å². The molecular weight excluding hydrogens is 580 g/mol. The number of aromatic nitrogens is 1. The molecule has 6 rings (SSSR count). The highest BCUT2D eigenvalue weighted by Crippen LogP contribution is 2.32. The van der Waals surface area contributed by atoms with Gasteiger partial charge in [0.05, 0.1) is 0 Å². The van der Waals surface area contributed by atoms with E-state index in [9.17, 15) is 14.4 Å². The van der Waals surface area contributed by atoms with Crippen molar-refractivity contribution >= 4 is 67.6 Å². The van der Waals surface area contributed by atoms with Gasteiger partial charge < -0.3 is 9.40 Å². The van der Waals surface area contributed by atoms with Crippen LogP contribution >= 0.6 is 11.8 Å². The first-order valence-corrected chi connectivity index (χ1v) is 15.9. The summed E-state index contributed by atoms with van der Waals surface area (Å²) in [5.74, 6) is -0.364. The number of Topliss-reactive ketones (excluding diaryl/α,β-unsaturated/α-hetero) is 1. The van der Waals surface area contributed by atoms with E-state index >= 15 is 0 Å². The van der Waals surface area contributed by atoms with E-state index in [1.807, 2.05) is 79.7 Å². The van der Waals surface area contributed by atoms with Crippen molar-refractivity contribution in [2.45, 2.75) is 38.6 Å². The lowest BCUT2D eigenvalue weighted by Crippen LogP contribution is -2.16. The number of fused-ring (bicyclic) bond motifs is 4. The third-order valence-electron chi connectivity index (χ3n) is 7.99. The van der Waals surface area contributed by atoms with Crippen LogP contribution in [0.3, 0.4) is 0 Å². The van der Waals surface area contributed by atoms with Gasteiger partial charge in [-0.25, -0.2) is 4.79 Å². The maximum atomic E-state index is 13.9. The number of ketones is 2. The number of benzene rings is 5. The number of oxime groups is 1. The predicted molar refractivity (Wildman–Crippen MR) is 183 cm³/mol. The number of nitrogens with zero attached hydrogens (tertiary/aromatic N) is 2. The lowest BCUT2D eigenvalue weighted by atomic mass is 9.97. The summed E-state index contributed by atoms with van der Waals surface area (Å²) in [7, 11) is 0. The number of hydrogen-bond donors (Lipinski definition) is 0. The van der Waals surface area contributed by atoms with E-state index < -0.39 is 5.97 Å². The van der Waals surface area contributed by atoms with Gasteiger partial charge in [-0.15, -0.1) is 11.8 Å². The van der Waals surface area contributed by atoms with Crippen LogP contribution in [0.2, 0.25) is 0 Å². The zero-order valence-corrected chi connectivity index (χ0v) is 26.2. The van der Waals surface area contributed by atoms with Gasteiger partial charge in [-0.3, -0.25) is 9.59 Å². The van der Waals surface area contributed by atoms with E-state index in [4.69, 9.17) is 4.84 Å². The molecule has 0 fully saturated rings. The number of hydrogen-bond acceptors (Lipinski definition) is 6. The molecule has 1 heterocycles. The zero-order chi connectivity index (χ0) is 31.5. The first-order valence-electron chi connectivity index (χ1n) is 14.9. The molecule has 0 N–H and O–H groups in total. The Hall–Kier alpha value is -5.01. The number of thioether (sulfide) groups is 1. The Balaban J connectivity index is 1.34. The molecule has 0 radical (unpaired) electrons. The molecule has 45 heavy (non-hydrogen) atoms. The minimum absolute atomic E-state index is 0.0425. The monoisotopic (exact) mass is 612 g/mol. The summed E-state index contributed by atoms with van der Waals surface area (Å²) in [6, 6.07) is 33.2. The predicted octanol–water partition coefficient (Wildman–Crippen LogP) is 8.79. The normalized spacial score (nSPS) is 11.8. The average Bonchev–Trinajstić information content (AvgIpc) is 3.38. The van der Waals surface area contributed by atoms with Gasteiger partial charge in [-0.05, 0) is 72.6 Å². The maximum Gasteiger partial charge on any atom is 0.331 e. The molecule has 6 aromatic rings. The van der Waals surface area contributed by atoms with Crippen molar-refractivity contribution in [2.75, 3.05) is 5.75 Å². The number of carbonyl (C=O) groups is 3. The van der Waals surface area contributed by atoms with Gasteiger partial charge in [0.25, 0.3) is 0 Å². The van der Waals surface area contributed by atoms with Crippen LogP contribution in [-0.2, 0) is 16.2 Å². The molecule has 0 aliphatic rings. The Morgan fingerprint density at radius 1 is 0.778 bits per heavy atom. The lowest BCUT2D eigenvalue weighted by molar-refractivity contribution is -0.140. The van der Waals surface area contributed by atoms with Crippen LogP contribution in [0.5, 0.6) is 0 Å². The Morgan fingerprint density at radius 2 is 1.44 bits per heavy atom. The zero-order valence-electron chi connectivity index (χ0n) is 25.4. The summed E-state index contributed by atoms with van der Waals surface area (Å²) < 4.78 is 2.18. The van der Waals surface area contributed by atoms with E-state index in [1.54, 1.807) is 17.8 Å². The molecule has 5 aromatic carbocycles. The Labute approximate surface area is 265 Å². The summed E-state index contributed by atoms with van der Waals surface area (Å²) in [6.07, 6.45) is 0.309. The van der Waals surface area contributed by atoms with Gasteiger partial charge in [0, 0.05) is 69.0 Å². The molecule has 0 saturated carbocycles. The van der Waals surface area contributed by atoms with Crippen molar-refractivity contribution in [2.24, 2.45) is 5.16 Å². The molecule has 0 spiro atoms. The van der Waals surface area contributed by atoms with E-state index in [1.165, 1.54) is 6.92 Å². The molecular formula is C38H32N2O4S. The van der Waals surface area contributed by atoms with Crippen molar-refractivity contribution < 1.29 is 19.2 Å². The third-order valence-corrected chi connectivity index (χ3v) is 9.06. The van der Waals surface area contributed by atoms with Crippen LogP contribution in [-0.4, -0.2) is 33.6 Å². The van der Waals surface area contributed by atoms with Gasteiger partial charge in [0.2, 0.25) is 5.78 Å². The number of aryl methyl sites for hydroxylation is 2.